The van der Waals surface area contributed by atoms with Crippen molar-refractivity contribution in [3.63, 3.8) is 0 Å². The Morgan fingerprint density at radius 3 is 2.50 bits per heavy atom. The van der Waals surface area contributed by atoms with E-state index in [-0.39, 0.29) is 11.7 Å². The number of hydrogen-bond acceptors (Lipinski definition) is 4. The molecular weight excluding hydrogens is 389 g/mol. The van der Waals surface area contributed by atoms with Gasteiger partial charge in [-0.15, -0.1) is 24.9 Å². The topological polar surface area (TPSA) is 42.4 Å². The molecule has 1 aliphatic heterocycles. The summed E-state index contributed by atoms with van der Waals surface area (Å²) in [6.07, 6.45) is -0.405. The number of alkyl halides is 3. The summed E-state index contributed by atoms with van der Waals surface area (Å²) in [5.41, 5.74) is 1.11. The molecule has 150 valence electrons. The molecular formula is C20H21F3N2O2S. The summed E-state index contributed by atoms with van der Waals surface area (Å²) in [6, 6.07) is 11.1. The maximum atomic E-state index is 12.7. The van der Waals surface area contributed by atoms with Crippen LogP contribution in [-0.2, 0) is 5.75 Å². The van der Waals surface area contributed by atoms with Gasteiger partial charge in [0.25, 0.3) is 5.91 Å². The van der Waals surface area contributed by atoms with Crippen LogP contribution in [0, 0.1) is 0 Å². The number of thioether (sulfide) groups is 1. The van der Waals surface area contributed by atoms with Crippen molar-refractivity contribution in [1.29, 1.82) is 0 Å². The third kappa shape index (κ3) is 6.15. The molecule has 0 spiro atoms. The Morgan fingerprint density at radius 1 is 1.07 bits per heavy atom. The molecule has 2 heterocycles. The quantitative estimate of drug-likeness (QED) is 0.629. The zero-order valence-electron chi connectivity index (χ0n) is 15.2. The van der Waals surface area contributed by atoms with Gasteiger partial charge in [-0.1, -0.05) is 25.0 Å². The molecule has 0 N–H and O–H groups in total. The first kappa shape index (κ1) is 20.5. The predicted molar refractivity (Wildman–Crippen MR) is 101 cm³/mol. The fourth-order valence-electron chi connectivity index (χ4n) is 3.03. The van der Waals surface area contributed by atoms with E-state index in [0.29, 0.717) is 22.0 Å². The van der Waals surface area contributed by atoms with Crippen LogP contribution in [0.25, 0.3) is 0 Å². The van der Waals surface area contributed by atoms with Gasteiger partial charge in [0.2, 0.25) is 0 Å². The van der Waals surface area contributed by atoms with Gasteiger partial charge in [0.15, 0.2) is 0 Å². The third-order valence-corrected chi connectivity index (χ3v) is 5.37. The summed E-state index contributed by atoms with van der Waals surface area (Å²) >= 11 is 1.34. The second-order valence-corrected chi connectivity index (χ2v) is 7.58. The minimum atomic E-state index is -4.72. The standard InChI is InChI=1S/C20H21F3N2O2S/c21-20(22,23)27-16-8-6-9-17(13-16)28-14-15-7-5-10-18(24-15)19(26)25-11-3-1-2-4-12-25/h5-10,13H,1-4,11-12,14H2. The molecule has 0 unspecified atom stereocenters. The fourth-order valence-corrected chi connectivity index (χ4v) is 3.88. The first-order valence-corrected chi connectivity index (χ1v) is 10.1. The molecule has 1 aromatic carbocycles. The van der Waals surface area contributed by atoms with Crippen molar-refractivity contribution < 1.29 is 22.7 Å². The zero-order chi connectivity index (χ0) is 20.0. The lowest BCUT2D eigenvalue weighted by molar-refractivity contribution is -0.274. The molecule has 1 aliphatic rings. The third-order valence-electron chi connectivity index (χ3n) is 4.34. The summed E-state index contributed by atoms with van der Waals surface area (Å²) in [6.45, 7) is 1.51. The summed E-state index contributed by atoms with van der Waals surface area (Å²) in [5, 5.41) is 0. The van der Waals surface area contributed by atoms with E-state index in [1.165, 1.54) is 30.0 Å². The van der Waals surface area contributed by atoms with Crippen LogP contribution in [0.2, 0.25) is 0 Å². The molecule has 0 aliphatic carbocycles. The average Bonchev–Trinajstić information content (AvgIpc) is 2.94. The highest BCUT2D eigenvalue weighted by atomic mass is 32.2. The summed E-state index contributed by atoms with van der Waals surface area (Å²) in [7, 11) is 0. The second kappa shape index (κ2) is 9.32. The van der Waals surface area contributed by atoms with E-state index in [1.54, 1.807) is 18.2 Å². The lowest BCUT2D eigenvalue weighted by Crippen LogP contribution is -2.32. The maximum Gasteiger partial charge on any atom is 0.573 e. The van der Waals surface area contributed by atoms with Gasteiger partial charge in [0.1, 0.15) is 11.4 Å². The average molecular weight is 410 g/mol. The van der Waals surface area contributed by atoms with Crippen molar-refractivity contribution in [2.24, 2.45) is 0 Å². The molecule has 0 bridgehead atoms. The van der Waals surface area contributed by atoms with E-state index in [0.717, 1.165) is 38.8 Å². The van der Waals surface area contributed by atoms with Crippen LogP contribution in [0.3, 0.4) is 0 Å². The molecule has 0 radical (unpaired) electrons. The highest BCUT2D eigenvalue weighted by Crippen LogP contribution is 2.29. The van der Waals surface area contributed by atoms with Crippen LogP contribution >= 0.6 is 11.8 Å². The normalized spacial score (nSPS) is 15.2. The predicted octanol–water partition coefficient (Wildman–Crippen LogP) is 5.29. The van der Waals surface area contributed by atoms with Crippen LogP contribution in [-0.4, -0.2) is 35.2 Å². The zero-order valence-corrected chi connectivity index (χ0v) is 16.1. The Bertz CT molecular complexity index is 806. The van der Waals surface area contributed by atoms with Gasteiger partial charge in [-0.2, -0.15) is 0 Å². The van der Waals surface area contributed by atoms with Gasteiger partial charge >= 0.3 is 6.36 Å². The number of carbonyl (C=O) groups excluding carboxylic acids is 1. The molecule has 0 atom stereocenters. The lowest BCUT2D eigenvalue weighted by Gasteiger charge is -2.19. The van der Waals surface area contributed by atoms with Crippen molar-refractivity contribution in [2.75, 3.05) is 13.1 Å². The van der Waals surface area contributed by atoms with Crippen LogP contribution in [0.4, 0.5) is 13.2 Å². The molecule has 4 nitrogen and oxygen atoms in total. The van der Waals surface area contributed by atoms with Gasteiger partial charge in [-0.25, -0.2) is 4.98 Å². The lowest BCUT2D eigenvalue weighted by atomic mass is 10.2. The number of nitrogens with zero attached hydrogens (tertiary/aromatic N) is 2. The molecule has 3 rings (SSSR count). The highest BCUT2D eigenvalue weighted by molar-refractivity contribution is 7.98. The van der Waals surface area contributed by atoms with E-state index >= 15 is 0 Å². The molecule has 2 aromatic rings. The van der Waals surface area contributed by atoms with E-state index in [9.17, 15) is 18.0 Å². The Labute approximate surface area is 166 Å². The molecule has 1 amide bonds. The van der Waals surface area contributed by atoms with Crippen LogP contribution < -0.4 is 4.74 Å². The SMILES string of the molecule is O=C(c1cccc(CSc2cccc(OC(F)(F)F)c2)n1)N1CCCCCC1. The summed E-state index contributed by atoms with van der Waals surface area (Å²) in [5.74, 6) is 0.126. The Balaban J connectivity index is 1.63. The minimum Gasteiger partial charge on any atom is -0.406 e. The Hall–Kier alpha value is -2.22. The van der Waals surface area contributed by atoms with Crippen molar-refractivity contribution in [2.45, 2.75) is 42.7 Å². The first-order chi connectivity index (χ1) is 13.4. The van der Waals surface area contributed by atoms with E-state index in [2.05, 4.69) is 9.72 Å². The molecule has 1 aromatic heterocycles. The monoisotopic (exact) mass is 410 g/mol. The Morgan fingerprint density at radius 2 is 1.79 bits per heavy atom. The second-order valence-electron chi connectivity index (χ2n) is 6.53. The number of likely N-dealkylation sites (tertiary alicyclic amines) is 1. The number of halogens is 3. The van der Waals surface area contributed by atoms with Gasteiger partial charge in [-0.3, -0.25) is 4.79 Å². The summed E-state index contributed by atoms with van der Waals surface area (Å²) < 4.78 is 41.0. The van der Waals surface area contributed by atoms with Gasteiger partial charge < -0.3 is 9.64 Å². The summed E-state index contributed by atoms with van der Waals surface area (Å²) in [4.78, 5) is 19.6. The number of benzene rings is 1. The van der Waals surface area contributed by atoms with Crippen molar-refractivity contribution in [3.8, 4) is 5.75 Å². The number of amides is 1. The number of rotatable bonds is 5. The minimum absolute atomic E-state index is 0.0608. The molecule has 1 fully saturated rings. The number of hydrogen-bond donors (Lipinski definition) is 0. The molecule has 1 saturated heterocycles. The van der Waals surface area contributed by atoms with Crippen LogP contribution in [0.15, 0.2) is 47.4 Å². The van der Waals surface area contributed by atoms with Gasteiger partial charge in [-0.05, 0) is 43.2 Å². The van der Waals surface area contributed by atoms with Crippen molar-refractivity contribution >= 4 is 17.7 Å². The van der Waals surface area contributed by atoms with E-state index in [4.69, 9.17) is 0 Å². The number of carbonyl (C=O) groups is 1. The maximum absolute atomic E-state index is 12.7. The fraction of sp³-hybridized carbons (Fsp3) is 0.400. The molecule has 28 heavy (non-hydrogen) atoms. The van der Waals surface area contributed by atoms with Crippen molar-refractivity contribution in [1.82, 2.24) is 9.88 Å². The first-order valence-electron chi connectivity index (χ1n) is 9.14. The van der Waals surface area contributed by atoms with E-state index < -0.39 is 6.36 Å². The Kier molecular flexibility index (Phi) is 6.83. The van der Waals surface area contributed by atoms with E-state index in [1.807, 2.05) is 11.0 Å². The largest absolute Gasteiger partial charge is 0.573 e. The number of pyridine rings is 1. The van der Waals surface area contributed by atoms with Crippen LogP contribution in [0.1, 0.15) is 41.9 Å². The van der Waals surface area contributed by atoms with Crippen LogP contribution in [0.5, 0.6) is 5.75 Å². The number of aromatic nitrogens is 1. The highest BCUT2D eigenvalue weighted by Gasteiger charge is 2.31. The molecule has 0 saturated carbocycles. The molecule has 8 heteroatoms. The van der Waals surface area contributed by atoms with Gasteiger partial charge in [0, 0.05) is 23.7 Å². The number of ether oxygens (including phenoxy) is 1. The van der Waals surface area contributed by atoms with Crippen molar-refractivity contribution in [3.05, 3.63) is 53.9 Å². The smallest absolute Gasteiger partial charge is 0.406 e. The van der Waals surface area contributed by atoms with Gasteiger partial charge in [0.05, 0.1) is 5.69 Å².